The van der Waals surface area contributed by atoms with Gasteiger partial charge in [0.2, 0.25) is 5.91 Å². The van der Waals surface area contributed by atoms with Crippen molar-refractivity contribution in [2.45, 2.75) is 31.8 Å². The van der Waals surface area contributed by atoms with Gasteiger partial charge in [-0.05, 0) is 55.3 Å². The molecule has 0 fully saturated rings. The summed E-state index contributed by atoms with van der Waals surface area (Å²) in [4.78, 5) is 30.0. The van der Waals surface area contributed by atoms with Crippen LogP contribution in [0.3, 0.4) is 0 Å². The van der Waals surface area contributed by atoms with Crippen molar-refractivity contribution in [2.75, 3.05) is 28.6 Å². The van der Waals surface area contributed by atoms with Gasteiger partial charge in [0.05, 0.1) is 18.7 Å². The molecule has 0 aliphatic carbocycles. The molecule has 8 nitrogen and oxygen atoms in total. The first kappa shape index (κ1) is 23.1. The van der Waals surface area contributed by atoms with Gasteiger partial charge in [0.15, 0.2) is 0 Å². The van der Waals surface area contributed by atoms with E-state index < -0.39 is 12.1 Å². The van der Waals surface area contributed by atoms with Gasteiger partial charge in [-0.2, -0.15) is 0 Å². The molecular weight excluding hydrogens is 432 g/mol. The zero-order valence-corrected chi connectivity index (χ0v) is 18.8. The minimum atomic E-state index is -0.902. The first-order chi connectivity index (χ1) is 16.6. The van der Waals surface area contributed by atoms with Gasteiger partial charge in [-0.15, -0.1) is 0 Å². The summed E-state index contributed by atoms with van der Waals surface area (Å²) < 4.78 is 5.94. The van der Waals surface area contributed by atoms with E-state index in [1.54, 1.807) is 18.3 Å². The summed E-state index contributed by atoms with van der Waals surface area (Å²) in [6.45, 7) is 1.16. The number of pyridine rings is 1. The molecule has 1 atom stereocenters. The fourth-order valence-corrected chi connectivity index (χ4v) is 3.90. The third-order valence-electron chi connectivity index (χ3n) is 5.49. The molecule has 4 rings (SSSR count). The smallest absolute Gasteiger partial charge is 0.307 e. The Morgan fingerprint density at radius 1 is 1.06 bits per heavy atom. The first-order valence-corrected chi connectivity index (χ1v) is 11.4. The average molecular weight is 461 g/mol. The molecule has 2 aromatic carbocycles. The number of aliphatic carboxylic acids is 1. The fraction of sp³-hybridized carbons (Fsp3) is 0.269. The molecule has 34 heavy (non-hydrogen) atoms. The maximum absolute atomic E-state index is 12.5. The summed E-state index contributed by atoms with van der Waals surface area (Å²) in [6, 6.07) is 20.9. The van der Waals surface area contributed by atoms with Crippen LogP contribution in [0.2, 0.25) is 0 Å². The van der Waals surface area contributed by atoms with Crippen LogP contribution in [0.4, 0.5) is 22.9 Å². The van der Waals surface area contributed by atoms with Crippen LogP contribution >= 0.6 is 0 Å². The molecule has 8 heteroatoms. The number of anilines is 4. The van der Waals surface area contributed by atoms with E-state index in [0.717, 1.165) is 36.6 Å². The van der Waals surface area contributed by atoms with Crippen LogP contribution in [0.15, 0.2) is 72.9 Å². The van der Waals surface area contributed by atoms with E-state index in [4.69, 9.17) is 4.74 Å². The number of fused-ring (bicyclic) bond motifs is 1. The van der Waals surface area contributed by atoms with Gasteiger partial charge in [0.1, 0.15) is 17.7 Å². The van der Waals surface area contributed by atoms with E-state index in [1.807, 2.05) is 59.5 Å². The van der Waals surface area contributed by atoms with E-state index >= 15 is 0 Å². The summed E-state index contributed by atoms with van der Waals surface area (Å²) in [5, 5.41) is 15.4. The molecule has 1 amide bonds. The van der Waals surface area contributed by atoms with E-state index in [9.17, 15) is 14.7 Å². The summed E-state index contributed by atoms with van der Waals surface area (Å²) in [6.07, 6.45) is 3.22. The second-order valence-electron chi connectivity index (χ2n) is 8.11. The number of para-hydroxylation sites is 1. The molecule has 1 aromatic heterocycles. The number of rotatable bonds is 10. The molecule has 0 saturated carbocycles. The third-order valence-corrected chi connectivity index (χ3v) is 5.49. The van der Waals surface area contributed by atoms with Crippen molar-refractivity contribution in [3.63, 3.8) is 0 Å². The highest BCUT2D eigenvalue weighted by atomic mass is 16.5. The van der Waals surface area contributed by atoms with Crippen molar-refractivity contribution in [3.05, 3.63) is 72.9 Å². The van der Waals surface area contributed by atoms with Gasteiger partial charge in [0.25, 0.3) is 0 Å². The van der Waals surface area contributed by atoms with Gasteiger partial charge >= 0.3 is 5.97 Å². The number of carboxylic acids is 1. The van der Waals surface area contributed by atoms with E-state index in [1.165, 1.54) is 0 Å². The number of hydrogen-bond donors (Lipinski definition) is 3. The number of unbranched alkanes of at least 4 members (excludes halogenated alkanes) is 1. The van der Waals surface area contributed by atoms with Crippen molar-refractivity contribution in [2.24, 2.45) is 0 Å². The lowest BCUT2D eigenvalue weighted by atomic mass is 10.1. The van der Waals surface area contributed by atoms with E-state index in [0.29, 0.717) is 24.4 Å². The molecule has 176 valence electrons. The lowest BCUT2D eigenvalue weighted by molar-refractivity contribution is -0.138. The third kappa shape index (κ3) is 6.25. The predicted octanol–water partition coefficient (Wildman–Crippen LogP) is 4.68. The molecular formula is C26H28N4O4. The Balaban J connectivity index is 1.36. The van der Waals surface area contributed by atoms with Gasteiger partial charge in [-0.1, -0.05) is 24.3 Å². The minimum absolute atomic E-state index is 0.0514. The molecule has 2 heterocycles. The van der Waals surface area contributed by atoms with Gasteiger partial charge < -0.3 is 25.4 Å². The van der Waals surface area contributed by atoms with Crippen molar-refractivity contribution in [1.82, 2.24) is 4.98 Å². The molecule has 3 aromatic rings. The first-order valence-electron chi connectivity index (χ1n) is 11.4. The van der Waals surface area contributed by atoms with Crippen LogP contribution in [-0.4, -0.2) is 41.2 Å². The molecule has 3 N–H and O–H groups in total. The lowest BCUT2D eigenvalue weighted by Gasteiger charge is -2.36. The van der Waals surface area contributed by atoms with Crippen LogP contribution in [0, 0.1) is 0 Å². The quantitative estimate of drug-likeness (QED) is 0.378. The Labute approximate surface area is 198 Å². The fourth-order valence-electron chi connectivity index (χ4n) is 3.90. The Morgan fingerprint density at radius 2 is 1.88 bits per heavy atom. The largest absolute Gasteiger partial charge is 0.486 e. The number of ether oxygens (including phenoxy) is 1. The van der Waals surface area contributed by atoms with Crippen molar-refractivity contribution in [1.29, 1.82) is 0 Å². The second kappa shape index (κ2) is 11.2. The van der Waals surface area contributed by atoms with Gasteiger partial charge in [-0.25, -0.2) is 4.98 Å². The topological polar surface area (TPSA) is 104 Å². The van der Waals surface area contributed by atoms with Crippen LogP contribution in [0.1, 0.15) is 25.7 Å². The lowest BCUT2D eigenvalue weighted by Crippen LogP contribution is -2.38. The number of amides is 1. The van der Waals surface area contributed by atoms with E-state index in [2.05, 4.69) is 15.6 Å². The molecule has 0 saturated heterocycles. The number of benzene rings is 2. The molecule has 0 unspecified atom stereocenters. The number of carbonyl (C=O) groups is 2. The zero-order chi connectivity index (χ0) is 23.8. The highest BCUT2D eigenvalue weighted by Crippen LogP contribution is 2.40. The molecule has 1 aliphatic rings. The van der Waals surface area contributed by atoms with Crippen LogP contribution < -0.4 is 20.3 Å². The number of nitrogens with one attached hydrogen (secondary N) is 2. The minimum Gasteiger partial charge on any atom is -0.486 e. The number of carbonyl (C=O) groups excluding carboxylic acids is 1. The monoisotopic (exact) mass is 460 g/mol. The number of aromatic nitrogens is 1. The zero-order valence-electron chi connectivity index (χ0n) is 18.8. The standard InChI is InChI=1S/C26H28N4O4/c31-25(11-5-7-15-28-24-10-4-6-14-27-24)29-19-12-13-23-22(16-19)30(20-8-2-1-3-9-20)18-21(34-23)17-26(32)33/h1-4,6,8-10,12-14,16,21H,5,7,11,15,17-18H2,(H,27,28)(H,29,31)(H,32,33)/t21-/m0/s1. The molecule has 0 spiro atoms. The molecule has 1 aliphatic heterocycles. The van der Waals surface area contributed by atoms with Crippen LogP contribution in [-0.2, 0) is 9.59 Å². The Morgan fingerprint density at radius 3 is 2.65 bits per heavy atom. The van der Waals surface area contributed by atoms with Crippen LogP contribution in [0.5, 0.6) is 5.75 Å². The van der Waals surface area contributed by atoms with Gasteiger partial charge in [-0.3, -0.25) is 9.59 Å². The Kier molecular flexibility index (Phi) is 7.60. The molecule has 0 radical (unpaired) electrons. The summed E-state index contributed by atoms with van der Waals surface area (Å²) >= 11 is 0. The Hall–Kier alpha value is -4.07. The summed E-state index contributed by atoms with van der Waals surface area (Å²) in [5.74, 6) is 0.474. The van der Waals surface area contributed by atoms with Crippen LogP contribution in [0.25, 0.3) is 0 Å². The normalized spacial score (nSPS) is 14.6. The second-order valence-corrected chi connectivity index (χ2v) is 8.11. The van der Waals surface area contributed by atoms with Crippen molar-refractivity contribution >= 4 is 34.8 Å². The summed E-state index contributed by atoms with van der Waals surface area (Å²) in [7, 11) is 0. The molecule has 0 bridgehead atoms. The predicted molar refractivity (Wildman–Crippen MR) is 132 cm³/mol. The Bertz CT molecular complexity index is 1110. The highest BCUT2D eigenvalue weighted by molar-refractivity contribution is 5.92. The average Bonchev–Trinajstić information content (AvgIpc) is 2.84. The summed E-state index contributed by atoms with van der Waals surface area (Å²) in [5.41, 5.74) is 2.41. The maximum Gasteiger partial charge on any atom is 0.307 e. The van der Waals surface area contributed by atoms with E-state index in [-0.39, 0.29) is 12.3 Å². The SMILES string of the molecule is O=C(O)C[C@H]1CN(c2ccccc2)c2cc(NC(=O)CCCCNc3ccccn3)ccc2O1. The van der Waals surface area contributed by atoms with Gasteiger partial charge in [0, 0.05) is 30.5 Å². The van der Waals surface area contributed by atoms with Crippen molar-refractivity contribution < 1.29 is 19.4 Å². The van der Waals surface area contributed by atoms with Crippen molar-refractivity contribution in [3.8, 4) is 5.75 Å². The number of nitrogens with zero attached hydrogens (tertiary/aromatic N) is 2. The number of hydrogen-bond acceptors (Lipinski definition) is 6. The highest BCUT2D eigenvalue weighted by Gasteiger charge is 2.28. The maximum atomic E-state index is 12.5. The number of carboxylic acid groups (broad SMARTS) is 1.